The Morgan fingerprint density at radius 2 is 1.38 bits per heavy atom. The molecule has 1 heterocycles. The summed E-state index contributed by atoms with van der Waals surface area (Å²) in [5, 5.41) is 11.2. The molecule has 15 heteroatoms. The van der Waals surface area contributed by atoms with Crippen LogP contribution in [0.4, 0.5) is 16.2 Å². The second kappa shape index (κ2) is 23.1. The van der Waals surface area contributed by atoms with Crippen molar-refractivity contribution >= 4 is 47.0 Å². The Kier molecular flexibility index (Phi) is 18.1. The minimum atomic E-state index is -1.40. The van der Waals surface area contributed by atoms with Crippen LogP contribution in [-0.2, 0) is 41.6 Å². The van der Waals surface area contributed by atoms with Gasteiger partial charge < -0.3 is 45.6 Å². The third kappa shape index (κ3) is 15.1. The lowest BCUT2D eigenvalue weighted by Crippen LogP contribution is -2.59. The first kappa shape index (κ1) is 46.9. The first-order valence-corrected chi connectivity index (χ1v) is 20.5. The van der Waals surface area contributed by atoms with E-state index >= 15 is 0 Å². The molecule has 0 aliphatic carbocycles. The van der Waals surface area contributed by atoms with E-state index in [0.29, 0.717) is 49.7 Å². The molecule has 60 heavy (non-hydrogen) atoms. The largest absolute Gasteiger partial charge is 0.464 e. The third-order valence-corrected chi connectivity index (χ3v) is 10.3. The average Bonchev–Trinajstić information content (AvgIpc) is 3.20. The number of likely N-dealkylation sites (N-methyl/N-ethyl adjacent to an activating group) is 3. The lowest BCUT2D eigenvalue weighted by molar-refractivity contribution is -0.147. The maximum atomic E-state index is 14.2. The van der Waals surface area contributed by atoms with Gasteiger partial charge in [-0.1, -0.05) is 74.5 Å². The molecule has 0 radical (unpaired) electrons. The van der Waals surface area contributed by atoms with Crippen LogP contribution in [0.3, 0.4) is 0 Å². The van der Waals surface area contributed by atoms with Crippen LogP contribution in [0.25, 0.3) is 0 Å². The molecule has 324 valence electrons. The summed E-state index contributed by atoms with van der Waals surface area (Å²) in [6.45, 7) is 8.66. The first-order chi connectivity index (χ1) is 28.6. The first-order valence-electron chi connectivity index (χ1n) is 20.5. The van der Waals surface area contributed by atoms with Crippen molar-refractivity contribution < 1.29 is 33.5 Å². The minimum Gasteiger partial charge on any atom is -0.464 e. The maximum Gasteiger partial charge on any atom is 0.323 e. The molecule has 0 aromatic heterocycles. The molecule has 4 rings (SSSR count). The van der Waals surface area contributed by atoms with Gasteiger partial charge in [0.05, 0.1) is 12.8 Å². The molecule has 15 nitrogen and oxygen atoms in total. The molecule has 1 aliphatic rings. The molecule has 1 fully saturated rings. The number of benzene rings is 3. The number of urea groups is 1. The quantitative estimate of drug-likeness (QED) is 0.132. The lowest BCUT2D eigenvalue weighted by atomic mass is 10.00. The van der Waals surface area contributed by atoms with Gasteiger partial charge >= 0.3 is 12.0 Å². The van der Waals surface area contributed by atoms with Gasteiger partial charge in [0.25, 0.3) is 0 Å². The topological polar surface area (TPSA) is 173 Å². The number of hydrogen-bond acceptors (Lipinski definition) is 9. The number of para-hydroxylation sites is 1. The van der Waals surface area contributed by atoms with Gasteiger partial charge in [-0.2, -0.15) is 0 Å². The second-order valence-corrected chi connectivity index (χ2v) is 16.1. The molecular formula is C45H62N8O7. The van der Waals surface area contributed by atoms with Crippen LogP contribution in [0, 0.1) is 12.8 Å². The SMILES string of the molecule is Cc1ccccc1NC(=O)Nc1ccc(CC(=O)N(C)[C@@H](CC(C)C)C(=O)N[C@@H](CC(=O)OCCN(C)C)C(=O)N[C@@H](Cc2ccccc2)C(=O)N2CCN(C)CC2)cc1. The zero-order chi connectivity index (χ0) is 43.8. The Hall–Kier alpha value is -5.80. The highest BCUT2D eigenvalue weighted by Crippen LogP contribution is 2.18. The van der Waals surface area contributed by atoms with E-state index in [1.165, 1.54) is 11.9 Å². The molecular weight excluding hydrogens is 765 g/mol. The summed E-state index contributed by atoms with van der Waals surface area (Å²) in [5.74, 6) is -2.65. The Labute approximate surface area is 354 Å². The molecule has 3 aromatic rings. The molecule has 1 aliphatic heterocycles. The third-order valence-electron chi connectivity index (χ3n) is 10.3. The fourth-order valence-corrected chi connectivity index (χ4v) is 6.68. The smallest absolute Gasteiger partial charge is 0.323 e. The summed E-state index contributed by atoms with van der Waals surface area (Å²) in [6, 6.07) is 19.8. The van der Waals surface area contributed by atoms with E-state index in [4.69, 9.17) is 4.74 Å². The van der Waals surface area contributed by atoms with Crippen LogP contribution in [0.2, 0.25) is 0 Å². The number of carbonyl (C=O) groups excluding carboxylic acids is 6. The summed E-state index contributed by atoms with van der Waals surface area (Å²) < 4.78 is 5.42. The number of carbonyl (C=O) groups is 6. The maximum absolute atomic E-state index is 14.2. The van der Waals surface area contributed by atoms with Crippen LogP contribution in [0.15, 0.2) is 78.9 Å². The molecule has 0 saturated carbocycles. The predicted molar refractivity (Wildman–Crippen MR) is 232 cm³/mol. The number of aryl methyl sites for hydroxylation is 1. The summed E-state index contributed by atoms with van der Waals surface area (Å²) >= 11 is 0. The van der Waals surface area contributed by atoms with Gasteiger partial charge in [-0.25, -0.2) is 4.79 Å². The number of amides is 6. The van der Waals surface area contributed by atoms with Crippen LogP contribution in [-0.4, -0.2) is 141 Å². The summed E-state index contributed by atoms with van der Waals surface area (Å²) in [4.78, 5) is 88.9. The number of nitrogens with zero attached hydrogens (tertiary/aromatic N) is 4. The van der Waals surface area contributed by atoms with E-state index < -0.39 is 48.4 Å². The molecule has 3 atom stereocenters. The van der Waals surface area contributed by atoms with E-state index in [2.05, 4.69) is 26.2 Å². The molecule has 0 bridgehead atoms. The fraction of sp³-hybridized carbons (Fsp3) is 0.467. The van der Waals surface area contributed by atoms with E-state index in [9.17, 15) is 28.8 Å². The molecule has 0 spiro atoms. The average molecular weight is 827 g/mol. The van der Waals surface area contributed by atoms with Crippen LogP contribution >= 0.6 is 0 Å². The standard InChI is InChI=1S/C45H62N8O7/c1-31(2)27-39(52(7)40(54)29-34-17-19-35(20-18-34)46-45(59)49-36-16-12-11-13-32(36)3)43(57)47-37(30-41(55)60-26-25-50(4)5)42(56)48-38(28-33-14-9-8-10-15-33)44(58)53-23-21-51(6)22-24-53/h8-20,31,37-39H,21-30H2,1-7H3,(H,47,57)(H,48,56)(H2,46,49,59)/t37-,38-,39-/m0/s1. The highest BCUT2D eigenvalue weighted by Gasteiger charge is 2.35. The van der Waals surface area contributed by atoms with Crippen LogP contribution in [0.1, 0.15) is 43.4 Å². The highest BCUT2D eigenvalue weighted by atomic mass is 16.5. The van der Waals surface area contributed by atoms with Crippen molar-refractivity contribution in [3.63, 3.8) is 0 Å². The van der Waals surface area contributed by atoms with Crippen LogP contribution in [0.5, 0.6) is 0 Å². The van der Waals surface area contributed by atoms with Gasteiger partial charge in [-0.05, 0) is 75.3 Å². The minimum absolute atomic E-state index is 0.0214. The molecule has 1 saturated heterocycles. The molecule has 6 amide bonds. The second-order valence-electron chi connectivity index (χ2n) is 16.1. The van der Waals surface area contributed by atoms with Gasteiger partial charge in [0.15, 0.2) is 0 Å². The van der Waals surface area contributed by atoms with Crippen LogP contribution < -0.4 is 21.3 Å². The van der Waals surface area contributed by atoms with Crippen molar-refractivity contribution in [2.45, 2.75) is 64.6 Å². The number of piperazine rings is 1. The van der Waals surface area contributed by atoms with Crippen molar-refractivity contribution in [3.05, 3.63) is 95.6 Å². The Balaban J connectivity index is 1.49. The predicted octanol–water partition coefficient (Wildman–Crippen LogP) is 3.54. The number of ether oxygens (including phenoxy) is 1. The zero-order valence-corrected chi connectivity index (χ0v) is 36.0. The summed E-state index contributed by atoms with van der Waals surface area (Å²) in [6.07, 6.45) is -0.0451. The monoisotopic (exact) mass is 826 g/mol. The molecule has 3 aromatic carbocycles. The Morgan fingerprint density at radius 1 is 0.750 bits per heavy atom. The number of rotatable bonds is 19. The number of esters is 1. The zero-order valence-electron chi connectivity index (χ0n) is 36.0. The van der Waals surface area contributed by atoms with Crippen molar-refractivity contribution in [2.75, 3.05) is 78.2 Å². The van der Waals surface area contributed by atoms with Gasteiger partial charge in [-0.15, -0.1) is 0 Å². The van der Waals surface area contributed by atoms with Gasteiger partial charge in [0.1, 0.15) is 24.7 Å². The van der Waals surface area contributed by atoms with E-state index in [1.807, 2.05) is 101 Å². The van der Waals surface area contributed by atoms with E-state index in [-0.39, 0.29) is 43.6 Å². The van der Waals surface area contributed by atoms with Crippen molar-refractivity contribution in [3.8, 4) is 0 Å². The number of nitrogens with one attached hydrogen (secondary N) is 4. The Morgan fingerprint density at radius 3 is 2.02 bits per heavy atom. The van der Waals surface area contributed by atoms with E-state index in [1.54, 1.807) is 29.2 Å². The van der Waals surface area contributed by atoms with Crippen molar-refractivity contribution in [1.82, 2.24) is 30.2 Å². The normalized spacial score (nSPS) is 14.4. The fourth-order valence-electron chi connectivity index (χ4n) is 6.68. The van der Waals surface area contributed by atoms with Gasteiger partial charge in [0.2, 0.25) is 23.6 Å². The van der Waals surface area contributed by atoms with Gasteiger partial charge in [0, 0.05) is 57.6 Å². The van der Waals surface area contributed by atoms with Crippen molar-refractivity contribution in [2.24, 2.45) is 5.92 Å². The van der Waals surface area contributed by atoms with E-state index in [0.717, 1.165) is 11.1 Å². The lowest BCUT2D eigenvalue weighted by Gasteiger charge is -2.35. The van der Waals surface area contributed by atoms with Gasteiger partial charge in [-0.3, -0.25) is 24.0 Å². The number of hydrogen-bond donors (Lipinski definition) is 4. The van der Waals surface area contributed by atoms with Crippen molar-refractivity contribution in [1.29, 1.82) is 0 Å². The summed E-state index contributed by atoms with van der Waals surface area (Å²) in [7, 11) is 7.20. The highest BCUT2D eigenvalue weighted by molar-refractivity contribution is 6.00. The summed E-state index contributed by atoms with van der Waals surface area (Å²) in [5.41, 5.74) is 3.64. The number of anilines is 2. The molecule has 0 unspecified atom stereocenters. The Bertz CT molecular complexity index is 1900. The molecule has 4 N–H and O–H groups in total.